The molecule has 1 N–H and O–H groups in total. The molecule has 2 aromatic rings. The first-order valence-corrected chi connectivity index (χ1v) is 7.83. The van der Waals surface area contributed by atoms with Gasteiger partial charge in [0.05, 0.1) is 23.0 Å². The highest BCUT2D eigenvalue weighted by atomic mass is 35.5. The molecule has 0 aliphatic carbocycles. The van der Waals surface area contributed by atoms with Crippen LogP contribution >= 0.6 is 34.7 Å². The molecule has 21 heavy (non-hydrogen) atoms. The maximum atomic E-state index is 12.0. The molecule has 112 valence electrons. The van der Waals surface area contributed by atoms with Crippen LogP contribution in [-0.2, 0) is 4.74 Å². The normalized spacial score (nSPS) is 10.5. The van der Waals surface area contributed by atoms with Crippen LogP contribution in [0.3, 0.4) is 0 Å². The van der Waals surface area contributed by atoms with Crippen molar-refractivity contribution >= 4 is 51.4 Å². The Morgan fingerprint density at radius 3 is 2.71 bits per heavy atom. The van der Waals surface area contributed by atoms with Gasteiger partial charge in [-0.25, -0.2) is 4.79 Å². The molecule has 2 rings (SSSR count). The fraction of sp³-hybridized carbons (Fsp3) is 0.286. The lowest BCUT2D eigenvalue weighted by atomic mass is 10.2. The minimum Gasteiger partial charge on any atom is -0.462 e. The molecule has 1 aromatic heterocycles. The topological polar surface area (TPSA) is 51.2 Å². The van der Waals surface area contributed by atoms with Crippen molar-refractivity contribution in [3.8, 4) is 0 Å². The van der Waals surface area contributed by atoms with Gasteiger partial charge in [0.15, 0.2) is 0 Å². The van der Waals surface area contributed by atoms with Gasteiger partial charge < -0.3 is 10.1 Å². The van der Waals surface area contributed by atoms with Crippen LogP contribution in [0.1, 0.15) is 28.5 Å². The van der Waals surface area contributed by atoms with Gasteiger partial charge in [0.2, 0.25) is 0 Å². The second-order valence-corrected chi connectivity index (χ2v) is 5.99. The molecule has 0 aliphatic heterocycles. The van der Waals surface area contributed by atoms with E-state index in [1.807, 2.05) is 6.92 Å². The molecule has 7 heteroatoms. The molecule has 0 radical (unpaired) electrons. The van der Waals surface area contributed by atoms with E-state index in [1.54, 1.807) is 26.0 Å². The van der Waals surface area contributed by atoms with Gasteiger partial charge in [-0.2, -0.15) is 4.37 Å². The van der Waals surface area contributed by atoms with E-state index < -0.39 is 5.97 Å². The molecule has 0 amide bonds. The van der Waals surface area contributed by atoms with Crippen molar-refractivity contribution in [1.82, 2.24) is 4.37 Å². The van der Waals surface area contributed by atoms with E-state index in [1.165, 1.54) is 11.5 Å². The summed E-state index contributed by atoms with van der Waals surface area (Å²) < 4.78 is 9.24. The number of carbonyl (C=O) groups excluding carboxylic acids is 1. The summed E-state index contributed by atoms with van der Waals surface area (Å²) in [6, 6.07) is 3.49. The van der Waals surface area contributed by atoms with E-state index in [4.69, 9.17) is 27.9 Å². The summed E-state index contributed by atoms with van der Waals surface area (Å²) in [5.41, 5.74) is 2.56. The summed E-state index contributed by atoms with van der Waals surface area (Å²) in [4.78, 5) is 12.0. The lowest BCUT2D eigenvalue weighted by molar-refractivity contribution is 0.0527. The lowest BCUT2D eigenvalue weighted by Gasteiger charge is -2.10. The Balaban J connectivity index is 2.37. The highest BCUT2D eigenvalue weighted by Crippen LogP contribution is 2.34. The Bertz CT molecular complexity index is 686. The number of anilines is 2. The third-order valence-corrected chi connectivity index (χ3v) is 4.41. The first-order valence-electron chi connectivity index (χ1n) is 6.30. The van der Waals surface area contributed by atoms with E-state index in [0.717, 1.165) is 5.56 Å². The highest BCUT2D eigenvalue weighted by Gasteiger charge is 2.20. The Labute approximate surface area is 137 Å². The van der Waals surface area contributed by atoms with Gasteiger partial charge in [-0.3, -0.25) is 0 Å². The van der Waals surface area contributed by atoms with Crippen LogP contribution in [0.15, 0.2) is 12.1 Å². The number of nitrogens with one attached hydrogen (secondary N) is 1. The van der Waals surface area contributed by atoms with Crippen molar-refractivity contribution in [3.63, 3.8) is 0 Å². The Hall–Kier alpha value is -1.30. The molecule has 1 heterocycles. The average molecular weight is 345 g/mol. The Morgan fingerprint density at radius 1 is 1.33 bits per heavy atom. The van der Waals surface area contributed by atoms with Crippen molar-refractivity contribution in [1.29, 1.82) is 0 Å². The zero-order valence-corrected chi connectivity index (χ0v) is 14.1. The number of hydrogen-bond acceptors (Lipinski definition) is 5. The molecule has 0 saturated heterocycles. The summed E-state index contributed by atoms with van der Waals surface area (Å²) in [6.07, 6.45) is 0. The first kappa shape index (κ1) is 16.1. The van der Waals surface area contributed by atoms with Crippen LogP contribution in [0.25, 0.3) is 0 Å². The number of esters is 1. The number of ether oxygens (including phenoxy) is 1. The minimum atomic E-state index is -0.402. The molecule has 0 unspecified atom stereocenters. The predicted molar refractivity (Wildman–Crippen MR) is 87.3 cm³/mol. The maximum Gasteiger partial charge on any atom is 0.343 e. The van der Waals surface area contributed by atoms with E-state index in [0.29, 0.717) is 38.6 Å². The molecule has 1 aromatic carbocycles. The van der Waals surface area contributed by atoms with Gasteiger partial charge in [0, 0.05) is 5.02 Å². The van der Waals surface area contributed by atoms with Crippen LogP contribution in [0.5, 0.6) is 0 Å². The second kappa shape index (κ2) is 6.64. The summed E-state index contributed by atoms with van der Waals surface area (Å²) in [6.45, 7) is 5.71. The van der Waals surface area contributed by atoms with Crippen molar-refractivity contribution in [2.24, 2.45) is 0 Å². The van der Waals surface area contributed by atoms with E-state index in [-0.39, 0.29) is 0 Å². The van der Waals surface area contributed by atoms with Crippen molar-refractivity contribution < 1.29 is 9.53 Å². The van der Waals surface area contributed by atoms with Gasteiger partial charge in [-0.1, -0.05) is 23.2 Å². The quantitative estimate of drug-likeness (QED) is 0.794. The third-order valence-electron chi connectivity index (χ3n) is 2.84. The number of nitrogens with zero attached hydrogens (tertiary/aromatic N) is 1. The largest absolute Gasteiger partial charge is 0.462 e. The monoisotopic (exact) mass is 344 g/mol. The highest BCUT2D eigenvalue weighted by molar-refractivity contribution is 7.10. The van der Waals surface area contributed by atoms with Gasteiger partial charge in [-0.05, 0) is 50.0 Å². The summed E-state index contributed by atoms with van der Waals surface area (Å²) in [5, 5.41) is 4.82. The fourth-order valence-electron chi connectivity index (χ4n) is 1.76. The number of halogens is 2. The molecule has 0 fully saturated rings. The number of benzene rings is 1. The number of carbonyl (C=O) groups is 1. The molecule has 0 atom stereocenters. The van der Waals surface area contributed by atoms with Gasteiger partial charge >= 0.3 is 5.97 Å². The Kier molecular flexibility index (Phi) is 5.08. The van der Waals surface area contributed by atoms with Gasteiger partial charge in [0.1, 0.15) is 10.6 Å². The first-order chi connectivity index (χ1) is 9.93. The second-order valence-electron chi connectivity index (χ2n) is 4.40. The van der Waals surface area contributed by atoms with Crippen LogP contribution in [0.2, 0.25) is 10.0 Å². The van der Waals surface area contributed by atoms with Crippen molar-refractivity contribution in [2.45, 2.75) is 20.8 Å². The van der Waals surface area contributed by atoms with Crippen LogP contribution in [0, 0.1) is 13.8 Å². The van der Waals surface area contributed by atoms with E-state index in [2.05, 4.69) is 9.69 Å². The van der Waals surface area contributed by atoms with Crippen LogP contribution in [0.4, 0.5) is 10.7 Å². The standard InChI is InChI=1S/C14H14Cl2N2O2S/c1-4-20-14(19)12-8(3)18-21-13(12)17-11-6-9(15)7(2)5-10(11)16/h5-6,17H,4H2,1-3H3. The van der Waals surface area contributed by atoms with Gasteiger partial charge in [-0.15, -0.1) is 0 Å². The predicted octanol–water partition coefficient (Wildman–Crippen LogP) is 4.99. The smallest absolute Gasteiger partial charge is 0.343 e. The molecular weight excluding hydrogens is 331 g/mol. The van der Waals surface area contributed by atoms with Crippen molar-refractivity contribution in [3.05, 3.63) is 39.0 Å². The van der Waals surface area contributed by atoms with Crippen LogP contribution in [-0.4, -0.2) is 16.9 Å². The lowest BCUT2D eigenvalue weighted by Crippen LogP contribution is -2.07. The van der Waals surface area contributed by atoms with Crippen LogP contribution < -0.4 is 5.32 Å². The number of rotatable bonds is 4. The maximum absolute atomic E-state index is 12.0. The number of aryl methyl sites for hydroxylation is 2. The van der Waals surface area contributed by atoms with Crippen molar-refractivity contribution in [2.75, 3.05) is 11.9 Å². The molecule has 4 nitrogen and oxygen atoms in total. The minimum absolute atomic E-state index is 0.310. The molecule has 0 aliphatic rings. The zero-order valence-electron chi connectivity index (χ0n) is 11.8. The molecular formula is C14H14Cl2N2O2S. The fourth-order valence-corrected chi connectivity index (χ4v) is 2.99. The molecule has 0 spiro atoms. The summed E-state index contributed by atoms with van der Waals surface area (Å²) in [7, 11) is 0. The molecule has 0 saturated carbocycles. The Morgan fingerprint density at radius 2 is 2.05 bits per heavy atom. The zero-order chi connectivity index (χ0) is 15.6. The average Bonchev–Trinajstić information content (AvgIpc) is 2.77. The molecule has 0 bridgehead atoms. The van der Waals surface area contributed by atoms with Gasteiger partial charge in [0.25, 0.3) is 0 Å². The SMILES string of the molecule is CCOC(=O)c1c(C)nsc1Nc1cc(Cl)c(C)cc1Cl. The third kappa shape index (κ3) is 3.48. The summed E-state index contributed by atoms with van der Waals surface area (Å²) in [5.74, 6) is -0.402. The van der Waals surface area contributed by atoms with E-state index >= 15 is 0 Å². The number of hydrogen-bond donors (Lipinski definition) is 1. The van der Waals surface area contributed by atoms with E-state index in [9.17, 15) is 4.79 Å². The summed E-state index contributed by atoms with van der Waals surface area (Å²) >= 11 is 13.5. The number of aromatic nitrogens is 1.